The Morgan fingerprint density at radius 1 is 1.32 bits per heavy atom. The van der Waals surface area contributed by atoms with Crippen LogP contribution in [0.2, 0.25) is 0 Å². The number of nitro benzene ring substituents is 1. The molecule has 5 nitrogen and oxygen atoms in total. The Hall–Kier alpha value is -2.53. The summed E-state index contributed by atoms with van der Waals surface area (Å²) in [5.74, 6) is -1.93. The second-order valence-electron chi connectivity index (χ2n) is 4.26. The van der Waals surface area contributed by atoms with Crippen molar-refractivity contribution < 1.29 is 18.4 Å². The SMILES string of the molecule is Cc1c([N+](=O)[O-])cc(F)c(Oc2ccc(F)c(C#N)c2)c1Br. The molecule has 2 aromatic carbocycles. The average molecular weight is 369 g/mol. The quantitative estimate of drug-likeness (QED) is 0.585. The van der Waals surface area contributed by atoms with Crippen molar-refractivity contribution in [3.05, 3.63) is 61.6 Å². The Morgan fingerprint density at radius 2 is 2.00 bits per heavy atom. The van der Waals surface area contributed by atoms with Crippen molar-refractivity contribution in [1.82, 2.24) is 0 Å². The van der Waals surface area contributed by atoms with Crippen molar-refractivity contribution in [1.29, 1.82) is 5.26 Å². The predicted molar refractivity (Wildman–Crippen MR) is 76.7 cm³/mol. The lowest BCUT2D eigenvalue weighted by atomic mass is 10.2. The first-order valence-electron chi connectivity index (χ1n) is 5.85. The number of nitrogens with zero attached hydrogens (tertiary/aromatic N) is 2. The van der Waals surface area contributed by atoms with Gasteiger partial charge in [0.1, 0.15) is 17.6 Å². The van der Waals surface area contributed by atoms with Gasteiger partial charge in [-0.25, -0.2) is 8.78 Å². The van der Waals surface area contributed by atoms with E-state index in [9.17, 15) is 18.9 Å². The molecule has 0 N–H and O–H groups in total. The molecule has 0 aliphatic rings. The fraction of sp³-hybridized carbons (Fsp3) is 0.0714. The van der Waals surface area contributed by atoms with Crippen LogP contribution in [0.1, 0.15) is 11.1 Å². The highest BCUT2D eigenvalue weighted by molar-refractivity contribution is 9.10. The third-order valence-corrected chi connectivity index (χ3v) is 3.82. The number of halogens is 3. The zero-order chi connectivity index (χ0) is 16.4. The lowest BCUT2D eigenvalue weighted by Crippen LogP contribution is -1.98. The molecule has 0 fully saturated rings. The van der Waals surface area contributed by atoms with Crippen LogP contribution in [0.5, 0.6) is 11.5 Å². The van der Waals surface area contributed by atoms with E-state index in [4.69, 9.17) is 10.00 Å². The second kappa shape index (κ2) is 6.07. The van der Waals surface area contributed by atoms with Gasteiger partial charge in [0.15, 0.2) is 11.6 Å². The molecule has 22 heavy (non-hydrogen) atoms. The summed E-state index contributed by atoms with van der Waals surface area (Å²) >= 11 is 3.05. The number of benzene rings is 2. The van der Waals surface area contributed by atoms with Crippen molar-refractivity contribution in [2.75, 3.05) is 0 Å². The number of nitriles is 1. The minimum atomic E-state index is -0.952. The molecule has 0 amide bonds. The molecule has 0 unspecified atom stereocenters. The molecule has 0 radical (unpaired) electrons. The number of ether oxygens (including phenoxy) is 1. The Morgan fingerprint density at radius 3 is 2.59 bits per heavy atom. The molecular formula is C14H7BrF2N2O3. The summed E-state index contributed by atoms with van der Waals surface area (Å²) in [6.45, 7) is 1.43. The minimum absolute atomic E-state index is 0.0332. The molecule has 0 atom stereocenters. The monoisotopic (exact) mass is 368 g/mol. The fourth-order valence-corrected chi connectivity index (χ4v) is 2.21. The molecule has 0 aromatic heterocycles. The molecule has 0 aliphatic carbocycles. The molecule has 2 rings (SSSR count). The van der Waals surface area contributed by atoms with Gasteiger partial charge in [-0.1, -0.05) is 0 Å². The van der Waals surface area contributed by atoms with Gasteiger partial charge < -0.3 is 4.74 Å². The van der Waals surface area contributed by atoms with Crippen molar-refractivity contribution in [3.63, 3.8) is 0 Å². The largest absolute Gasteiger partial charge is 0.453 e. The smallest absolute Gasteiger partial charge is 0.276 e. The summed E-state index contributed by atoms with van der Waals surface area (Å²) < 4.78 is 32.6. The average Bonchev–Trinajstić information content (AvgIpc) is 2.48. The van der Waals surface area contributed by atoms with Crippen LogP contribution in [-0.2, 0) is 0 Å². The highest BCUT2D eigenvalue weighted by Crippen LogP contribution is 2.39. The molecule has 0 heterocycles. The van der Waals surface area contributed by atoms with Crippen molar-refractivity contribution >= 4 is 21.6 Å². The lowest BCUT2D eigenvalue weighted by Gasteiger charge is -2.11. The third kappa shape index (κ3) is 2.89. The topological polar surface area (TPSA) is 76.2 Å². The van der Waals surface area contributed by atoms with Crippen LogP contribution in [0, 0.1) is 40.0 Å². The van der Waals surface area contributed by atoms with Crippen LogP contribution in [0.3, 0.4) is 0 Å². The van der Waals surface area contributed by atoms with Crippen LogP contribution in [0.4, 0.5) is 14.5 Å². The first-order valence-corrected chi connectivity index (χ1v) is 6.65. The molecule has 2 aromatic rings. The molecule has 0 spiro atoms. The van der Waals surface area contributed by atoms with E-state index in [0.717, 1.165) is 18.2 Å². The van der Waals surface area contributed by atoms with E-state index in [1.807, 2.05) is 0 Å². The first-order chi connectivity index (χ1) is 10.3. The maximum atomic E-state index is 14.0. The van der Waals surface area contributed by atoms with Gasteiger partial charge >= 0.3 is 0 Å². The molecule has 0 saturated heterocycles. The molecule has 8 heteroatoms. The first kappa shape index (κ1) is 15.9. The Balaban J connectivity index is 2.49. The number of hydrogen-bond acceptors (Lipinski definition) is 4. The summed E-state index contributed by atoms with van der Waals surface area (Å²) in [5, 5.41) is 19.6. The Kier molecular flexibility index (Phi) is 4.37. The minimum Gasteiger partial charge on any atom is -0.453 e. The van der Waals surface area contributed by atoms with Gasteiger partial charge in [0.2, 0.25) is 0 Å². The van der Waals surface area contributed by atoms with Crippen LogP contribution >= 0.6 is 15.9 Å². The van der Waals surface area contributed by atoms with Gasteiger partial charge in [-0.15, -0.1) is 0 Å². The highest BCUT2D eigenvalue weighted by atomic mass is 79.9. The van der Waals surface area contributed by atoms with E-state index in [1.54, 1.807) is 6.07 Å². The third-order valence-electron chi connectivity index (χ3n) is 2.87. The maximum Gasteiger partial charge on any atom is 0.276 e. The van der Waals surface area contributed by atoms with Crippen LogP contribution in [-0.4, -0.2) is 4.92 Å². The zero-order valence-electron chi connectivity index (χ0n) is 11.1. The van der Waals surface area contributed by atoms with Crippen molar-refractivity contribution in [2.24, 2.45) is 0 Å². The Labute approximate surface area is 132 Å². The van der Waals surface area contributed by atoms with Crippen LogP contribution < -0.4 is 4.74 Å². The molecule has 0 aliphatic heterocycles. The standard InChI is InChI=1S/C14H7BrF2N2O3/c1-7-12(19(20)21)5-11(17)14(13(7)15)22-9-2-3-10(16)8(4-9)6-18/h2-5H,1H3. The summed E-state index contributed by atoms with van der Waals surface area (Å²) in [6.07, 6.45) is 0. The van der Waals surface area contributed by atoms with E-state index in [0.29, 0.717) is 0 Å². The van der Waals surface area contributed by atoms with E-state index in [-0.39, 0.29) is 27.1 Å². The molecule has 112 valence electrons. The maximum absolute atomic E-state index is 14.0. The summed E-state index contributed by atoms with van der Waals surface area (Å²) in [7, 11) is 0. The van der Waals surface area contributed by atoms with Gasteiger partial charge in [-0.2, -0.15) is 5.26 Å². The highest BCUT2D eigenvalue weighted by Gasteiger charge is 2.22. The summed E-state index contributed by atoms with van der Waals surface area (Å²) in [6, 6.07) is 5.72. The Bertz CT molecular complexity index is 819. The zero-order valence-corrected chi connectivity index (χ0v) is 12.6. The van der Waals surface area contributed by atoms with Gasteiger partial charge in [-0.05, 0) is 35.0 Å². The number of nitro groups is 1. The van der Waals surface area contributed by atoms with Crippen LogP contribution in [0.15, 0.2) is 28.7 Å². The van der Waals surface area contributed by atoms with Gasteiger partial charge in [-0.3, -0.25) is 10.1 Å². The predicted octanol–water partition coefficient (Wildman–Crippen LogP) is 4.61. The second-order valence-corrected chi connectivity index (χ2v) is 5.05. The molecule has 0 saturated carbocycles. The van der Waals surface area contributed by atoms with E-state index in [1.165, 1.54) is 13.0 Å². The van der Waals surface area contributed by atoms with Crippen molar-refractivity contribution in [2.45, 2.75) is 6.92 Å². The summed E-state index contributed by atoms with van der Waals surface area (Å²) in [5.41, 5.74) is -0.467. The van der Waals surface area contributed by atoms with Crippen molar-refractivity contribution in [3.8, 4) is 17.6 Å². The van der Waals surface area contributed by atoms with E-state index >= 15 is 0 Å². The molecular weight excluding hydrogens is 362 g/mol. The number of rotatable bonds is 3. The van der Waals surface area contributed by atoms with Gasteiger partial charge in [0, 0.05) is 11.6 Å². The van der Waals surface area contributed by atoms with E-state index < -0.39 is 22.2 Å². The van der Waals surface area contributed by atoms with Gasteiger partial charge in [0.05, 0.1) is 21.0 Å². The molecule has 0 bridgehead atoms. The lowest BCUT2D eigenvalue weighted by molar-refractivity contribution is -0.385. The van der Waals surface area contributed by atoms with Gasteiger partial charge in [0.25, 0.3) is 5.69 Å². The number of hydrogen-bond donors (Lipinski definition) is 0. The normalized spacial score (nSPS) is 10.1. The summed E-state index contributed by atoms with van der Waals surface area (Å²) in [4.78, 5) is 10.1. The van der Waals surface area contributed by atoms with E-state index in [2.05, 4.69) is 15.9 Å². The fourth-order valence-electron chi connectivity index (χ4n) is 1.74. The van der Waals surface area contributed by atoms with Crippen LogP contribution in [0.25, 0.3) is 0 Å².